The summed E-state index contributed by atoms with van der Waals surface area (Å²) >= 11 is 10.0. The molecule has 0 aliphatic carbocycles. The molecule has 0 atom stereocenters. The van der Waals surface area contributed by atoms with Crippen LogP contribution in [-0.4, -0.2) is 9.97 Å². The molecule has 22 heavy (non-hydrogen) atoms. The van der Waals surface area contributed by atoms with E-state index < -0.39 is 11.7 Å². The van der Waals surface area contributed by atoms with Gasteiger partial charge < -0.3 is 10.7 Å². The van der Waals surface area contributed by atoms with Crippen LogP contribution in [-0.2, 0) is 6.18 Å². The Labute approximate surface area is 134 Å². The summed E-state index contributed by atoms with van der Waals surface area (Å²) in [5.74, 6) is 0.0815. The molecule has 0 bridgehead atoms. The number of benzene rings is 1. The van der Waals surface area contributed by atoms with Gasteiger partial charge in [-0.05, 0) is 24.3 Å². The zero-order valence-electron chi connectivity index (χ0n) is 11.0. The van der Waals surface area contributed by atoms with Crippen molar-refractivity contribution in [3.05, 3.63) is 53.3 Å². The second-order valence-electron chi connectivity index (χ2n) is 4.33. The van der Waals surface area contributed by atoms with E-state index in [0.29, 0.717) is 6.20 Å². The van der Waals surface area contributed by atoms with Crippen molar-refractivity contribution >= 4 is 41.0 Å². The van der Waals surface area contributed by atoms with Gasteiger partial charge in [0, 0.05) is 33.2 Å². The van der Waals surface area contributed by atoms with Gasteiger partial charge in [-0.25, -0.2) is 4.98 Å². The lowest BCUT2D eigenvalue weighted by atomic mass is 10.2. The molecule has 116 valence electrons. The van der Waals surface area contributed by atoms with Crippen molar-refractivity contribution in [3.8, 4) is 0 Å². The first-order valence-electron chi connectivity index (χ1n) is 6.01. The van der Waals surface area contributed by atoms with Gasteiger partial charge in [-0.15, -0.1) is 12.6 Å². The van der Waals surface area contributed by atoms with Gasteiger partial charge in [0.05, 0.1) is 5.56 Å². The predicted octanol–water partition coefficient (Wildman–Crippen LogP) is 4.79. The Balaban J connectivity index is 0.000000160. The zero-order chi connectivity index (χ0) is 16.3. The molecule has 0 aliphatic rings. The predicted molar refractivity (Wildman–Crippen MR) is 84.2 cm³/mol. The van der Waals surface area contributed by atoms with Crippen LogP contribution in [0, 0.1) is 0 Å². The molecular weight excluding hydrogens is 335 g/mol. The van der Waals surface area contributed by atoms with E-state index in [1.54, 1.807) is 0 Å². The van der Waals surface area contributed by atoms with E-state index in [1.165, 1.54) is 0 Å². The third-order valence-corrected chi connectivity index (χ3v) is 3.34. The van der Waals surface area contributed by atoms with Crippen LogP contribution in [0.25, 0.3) is 10.9 Å². The number of halogens is 4. The fourth-order valence-electron chi connectivity index (χ4n) is 1.66. The minimum absolute atomic E-state index is 0.0815. The standard InChI is InChI=1S/C8H6ClNS.C6H5F3N2/c9-5-1-2-6-7(3-5)10-4-8(6)11;7-6(8,9)4-1-2-5(10)11-3-4/h1-4,10-11H;1-3H,(H2,10,11). The Morgan fingerprint density at radius 2 is 1.91 bits per heavy atom. The highest BCUT2D eigenvalue weighted by molar-refractivity contribution is 7.80. The number of rotatable bonds is 0. The highest BCUT2D eigenvalue weighted by Gasteiger charge is 2.30. The minimum atomic E-state index is -4.33. The molecule has 2 heterocycles. The van der Waals surface area contributed by atoms with Crippen LogP contribution < -0.4 is 5.73 Å². The van der Waals surface area contributed by atoms with Gasteiger partial charge in [0.2, 0.25) is 0 Å². The number of thiol groups is 1. The Kier molecular flexibility index (Phi) is 4.87. The van der Waals surface area contributed by atoms with Crippen molar-refractivity contribution < 1.29 is 13.2 Å². The van der Waals surface area contributed by atoms with E-state index in [2.05, 4.69) is 22.6 Å². The Morgan fingerprint density at radius 1 is 1.18 bits per heavy atom. The van der Waals surface area contributed by atoms with Crippen molar-refractivity contribution in [3.63, 3.8) is 0 Å². The summed E-state index contributed by atoms with van der Waals surface area (Å²) < 4.78 is 35.5. The summed E-state index contributed by atoms with van der Waals surface area (Å²) in [6, 6.07) is 7.70. The summed E-state index contributed by atoms with van der Waals surface area (Å²) in [6.45, 7) is 0. The third kappa shape index (κ3) is 4.08. The highest BCUT2D eigenvalue weighted by Crippen LogP contribution is 2.28. The van der Waals surface area contributed by atoms with Crippen LogP contribution >= 0.6 is 24.2 Å². The molecule has 0 unspecified atom stereocenters. The number of aromatic nitrogens is 2. The lowest BCUT2D eigenvalue weighted by molar-refractivity contribution is -0.137. The minimum Gasteiger partial charge on any atom is -0.384 e. The summed E-state index contributed by atoms with van der Waals surface area (Å²) in [5.41, 5.74) is 5.34. The number of anilines is 1. The largest absolute Gasteiger partial charge is 0.417 e. The Hall–Kier alpha value is -1.86. The second-order valence-corrected chi connectivity index (χ2v) is 5.25. The van der Waals surface area contributed by atoms with E-state index in [1.807, 2.05) is 24.4 Å². The van der Waals surface area contributed by atoms with E-state index in [4.69, 9.17) is 17.3 Å². The van der Waals surface area contributed by atoms with Gasteiger partial charge in [0.25, 0.3) is 0 Å². The number of hydrogen-bond acceptors (Lipinski definition) is 3. The monoisotopic (exact) mass is 345 g/mol. The number of nitrogen functional groups attached to an aromatic ring is 1. The maximum absolute atomic E-state index is 11.8. The average molecular weight is 346 g/mol. The molecule has 8 heteroatoms. The lowest BCUT2D eigenvalue weighted by Crippen LogP contribution is -2.05. The molecule has 0 fully saturated rings. The number of fused-ring (bicyclic) bond motifs is 1. The lowest BCUT2D eigenvalue weighted by Gasteiger charge is -2.04. The first kappa shape index (κ1) is 16.5. The molecule has 0 aliphatic heterocycles. The van der Waals surface area contributed by atoms with Gasteiger partial charge >= 0.3 is 6.18 Å². The maximum atomic E-state index is 11.8. The number of hydrogen-bond donors (Lipinski definition) is 3. The van der Waals surface area contributed by atoms with Crippen LogP contribution in [0.1, 0.15) is 5.56 Å². The van der Waals surface area contributed by atoms with Gasteiger partial charge in [0.1, 0.15) is 5.82 Å². The molecule has 3 N–H and O–H groups in total. The number of H-pyrrole nitrogens is 1. The first-order valence-corrected chi connectivity index (χ1v) is 6.84. The van der Waals surface area contributed by atoms with E-state index in [-0.39, 0.29) is 5.82 Å². The zero-order valence-corrected chi connectivity index (χ0v) is 12.7. The van der Waals surface area contributed by atoms with Crippen molar-refractivity contribution in [1.82, 2.24) is 9.97 Å². The molecule has 3 nitrogen and oxygen atoms in total. The number of nitrogens with two attached hydrogens (primary N) is 1. The average Bonchev–Trinajstić information content (AvgIpc) is 2.80. The summed E-state index contributed by atoms with van der Waals surface area (Å²) in [5, 5.41) is 1.85. The molecule has 2 aromatic heterocycles. The molecule has 0 saturated carbocycles. The number of aromatic amines is 1. The molecule has 1 aromatic carbocycles. The van der Waals surface area contributed by atoms with Crippen LogP contribution in [0.3, 0.4) is 0 Å². The summed E-state index contributed by atoms with van der Waals surface area (Å²) in [6.07, 6.45) is -1.78. The highest BCUT2D eigenvalue weighted by atomic mass is 35.5. The molecule has 0 amide bonds. The van der Waals surface area contributed by atoms with Gasteiger partial charge in [0.15, 0.2) is 0 Å². The van der Waals surface area contributed by atoms with Crippen LogP contribution in [0.4, 0.5) is 19.0 Å². The number of pyridine rings is 1. The maximum Gasteiger partial charge on any atom is 0.417 e. The fraction of sp³-hybridized carbons (Fsp3) is 0.0714. The number of nitrogens with one attached hydrogen (secondary N) is 1. The van der Waals surface area contributed by atoms with Crippen LogP contribution in [0.2, 0.25) is 5.02 Å². The van der Waals surface area contributed by atoms with E-state index in [9.17, 15) is 13.2 Å². The molecule has 3 rings (SSSR count). The molecule has 0 saturated heterocycles. The van der Waals surface area contributed by atoms with Gasteiger partial charge in [-0.2, -0.15) is 13.2 Å². The molecule has 3 aromatic rings. The van der Waals surface area contributed by atoms with Crippen molar-refractivity contribution in [1.29, 1.82) is 0 Å². The number of alkyl halides is 3. The van der Waals surface area contributed by atoms with E-state index in [0.717, 1.165) is 33.0 Å². The molecular formula is C14H11ClF3N3S. The molecule has 0 spiro atoms. The third-order valence-electron chi connectivity index (χ3n) is 2.74. The Bertz CT molecular complexity index is 769. The first-order chi connectivity index (χ1) is 10.3. The van der Waals surface area contributed by atoms with Gasteiger partial charge in [-0.1, -0.05) is 17.7 Å². The van der Waals surface area contributed by atoms with E-state index >= 15 is 0 Å². The second kappa shape index (κ2) is 6.50. The van der Waals surface area contributed by atoms with Crippen LogP contribution in [0.5, 0.6) is 0 Å². The topological polar surface area (TPSA) is 54.7 Å². The van der Waals surface area contributed by atoms with Crippen LogP contribution in [0.15, 0.2) is 47.6 Å². The number of nitrogens with zero attached hydrogens (tertiary/aromatic N) is 1. The van der Waals surface area contributed by atoms with Crippen molar-refractivity contribution in [2.75, 3.05) is 5.73 Å². The summed E-state index contributed by atoms with van der Waals surface area (Å²) in [4.78, 5) is 7.33. The van der Waals surface area contributed by atoms with Gasteiger partial charge in [-0.3, -0.25) is 0 Å². The SMILES string of the molecule is Nc1ccc(C(F)(F)F)cn1.Sc1c[nH]c2cc(Cl)ccc12. The quantitative estimate of drug-likeness (QED) is 0.513. The Morgan fingerprint density at radius 3 is 2.50 bits per heavy atom. The van der Waals surface area contributed by atoms with Crippen molar-refractivity contribution in [2.45, 2.75) is 11.1 Å². The fourth-order valence-corrected chi connectivity index (χ4v) is 2.09. The van der Waals surface area contributed by atoms with Crippen molar-refractivity contribution in [2.24, 2.45) is 0 Å². The summed E-state index contributed by atoms with van der Waals surface area (Å²) in [7, 11) is 0. The molecule has 0 radical (unpaired) electrons. The smallest absolute Gasteiger partial charge is 0.384 e. The normalized spacial score (nSPS) is 11.1.